The van der Waals surface area contributed by atoms with Crippen molar-refractivity contribution in [2.24, 2.45) is 0 Å². The van der Waals surface area contributed by atoms with E-state index in [9.17, 15) is 10.1 Å². The van der Waals surface area contributed by atoms with Crippen molar-refractivity contribution in [1.82, 2.24) is 9.97 Å². The van der Waals surface area contributed by atoms with Gasteiger partial charge in [-0.3, -0.25) is 4.79 Å². The molecule has 0 fully saturated rings. The summed E-state index contributed by atoms with van der Waals surface area (Å²) in [6, 6.07) is 5.54. The Kier molecular flexibility index (Phi) is 5.29. The highest BCUT2D eigenvalue weighted by Crippen LogP contribution is 2.35. The molecule has 2 aromatic rings. The van der Waals surface area contributed by atoms with E-state index in [0.717, 1.165) is 8.04 Å². The Morgan fingerprint density at radius 1 is 1.52 bits per heavy atom. The van der Waals surface area contributed by atoms with E-state index >= 15 is 0 Å². The van der Waals surface area contributed by atoms with Crippen LogP contribution in [0.3, 0.4) is 0 Å². The van der Waals surface area contributed by atoms with Gasteiger partial charge in [-0.05, 0) is 56.9 Å². The van der Waals surface area contributed by atoms with E-state index in [1.807, 2.05) is 18.4 Å². The van der Waals surface area contributed by atoms with E-state index in [-0.39, 0.29) is 5.56 Å². The summed E-state index contributed by atoms with van der Waals surface area (Å²) in [6.07, 6.45) is 1.81. The number of nitriles is 1. The summed E-state index contributed by atoms with van der Waals surface area (Å²) < 4.78 is 6.81. The number of nitrogens with zero attached hydrogens (tertiary/aromatic N) is 2. The molecule has 1 heterocycles. The molecule has 0 spiro atoms. The maximum Gasteiger partial charge on any atom is 0.270 e. The number of methoxy groups -OCH3 is 1. The standard InChI is InChI=1S/C13H9BrIN3O2S/c1-20-10-4-9(15)6(3-8(10)14)11-7(5-16)12(19)18-13(17-11)21-2/h3-4H,1-2H3,(H,17,18,19). The van der Waals surface area contributed by atoms with Crippen LogP contribution in [0.1, 0.15) is 5.56 Å². The second-order valence-electron chi connectivity index (χ2n) is 3.88. The molecular weight excluding hydrogens is 469 g/mol. The molecule has 1 aromatic heterocycles. The van der Waals surface area contributed by atoms with Gasteiger partial charge in [-0.1, -0.05) is 11.8 Å². The summed E-state index contributed by atoms with van der Waals surface area (Å²) in [7, 11) is 1.58. The highest BCUT2D eigenvalue weighted by atomic mass is 127. The molecule has 1 aromatic carbocycles. The van der Waals surface area contributed by atoms with Crippen LogP contribution in [0.15, 0.2) is 26.6 Å². The lowest BCUT2D eigenvalue weighted by molar-refractivity contribution is 0.412. The number of nitrogens with one attached hydrogen (secondary N) is 1. The summed E-state index contributed by atoms with van der Waals surface area (Å²) in [5, 5.41) is 9.70. The Bertz CT molecular complexity index is 801. The van der Waals surface area contributed by atoms with Crippen molar-refractivity contribution in [1.29, 1.82) is 5.26 Å². The summed E-state index contributed by atoms with van der Waals surface area (Å²) in [4.78, 5) is 18.9. The Morgan fingerprint density at radius 3 is 2.81 bits per heavy atom. The van der Waals surface area contributed by atoms with E-state index in [1.54, 1.807) is 13.2 Å². The second kappa shape index (κ2) is 6.81. The fourth-order valence-electron chi connectivity index (χ4n) is 1.71. The van der Waals surface area contributed by atoms with Crippen molar-refractivity contribution in [3.8, 4) is 23.1 Å². The van der Waals surface area contributed by atoms with E-state index < -0.39 is 5.56 Å². The van der Waals surface area contributed by atoms with Crippen molar-refractivity contribution in [3.63, 3.8) is 0 Å². The molecule has 8 heteroatoms. The first-order valence-electron chi connectivity index (χ1n) is 5.63. The Labute approximate surface area is 147 Å². The van der Waals surface area contributed by atoms with Gasteiger partial charge in [-0.15, -0.1) is 0 Å². The van der Waals surface area contributed by atoms with Gasteiger partial charge in [0.25, 0.3) is 5.56 Å². The smallest absolute Gasteiger partial charge is 0.270 e. The molecule has 0 atom stereocenters. The monoisotopic (exact) mass is 477 g/mol. The molecule has 2 rings (SSSR count). The van der Waals surface area contributed by atoms with Crippen LogP contribution in [-0.2, 0) is 0 Å². The number of thioether (sulfide) groups is 1. The molecule has 21 heavy (non-hydrogen) atoms. The van der Waals surface area contributed by atoms with Crippen LogP contribution in [0, 0.1) is 14.9 Å². The summed E-state index contributed by atoms with van der Waals surface area (Å²) in [6.45, 7) is 0. The van der Waals surface area contributed by atoms with Gasteiger partial charge in [0.05, 0.1) is 17.3 Å². The second-order valence-corrected chi connectivity index (χ2v) is 6.69. The number of hydrogen-bond acceptors (Lipinski definition) is 5. The van der Waals surface area contributed by atoms with Crippen LogP contribution in [0.5, 0.6) is 5.75 Å². The van der Waals surface area contributed by atoms with E-state index in [0.29, 0.717) is 22.2 Å². The number of rotatable bonds is 3. The molecule has 0 amide bonds. The van der Waals surface area contributed by atoms with Crippen LogP contribution in [0.25, 0.3) is 11.3 Å². The van der Waals surface area contributed by atoms with Crippen molar-refractivity contribution in [2.75, 3.05) is 13.4 Å². The number of benzene rings is 1. The van der Waals surface area contributed by atoms with E-state index in [1.165, 1.54) is 11.8 Å². The third kappa shape index (κ3) is 3.25. The normalized spacial score (nSPS) is 10.2. The minimum atomic E-state index is -0.436. The molecule has 5 nitrogen and oxygen atoms in total. The van der Waals surface area contributed by atoms with Gasteiger partial charge in [-0.25, -0.2) is 4.98 Å². The minimum Gasteiger partial charge on any atom is -0.496 e. The average molecular weight is 478 g/mol. The molecule has 0 unspecified atom stereocenters. The first-order valence-corrected chi connectivity index (χ1v) is 8.73. The molecule has 1 N–H and O–H groups in total. The lowest BCUT2D eigenvalue weighted by Crippen LogP contribution is -2.15. The van der Waals surface area contributed by atoms with E-state index in [4.69, 9.17) is 4.74 Å². The SMILES string of the molecule is COc1cc(I)c(-c2nc(SC)[nH]c(=O)c2C#N)cc1Br. The molecular formula is C13H9BrIN3O2S. The lowest BCUT2D eigenvalue weighted by atomic mass is 10.1. The highest BCUT2D eigenvalue weighted by molar-refractivity contribution is 14.1. The van der Waals surface area contributed by atoms with Crippen LogP contribution in [0.2, 0.25) is 0 Å². The summed E-state index contributed by atoms with van der Waals surface area (Å²) in [5.41, 5.74) is 0.650. The number of hydrogen-bond donors (Lipinski definition) is 1. The lowest BCUT2D eigenvalue weighted by Gasteiger charge is -2.10. The van der Waals surface area contributed by atoms with Crippen molar-refractivity contribution in [2.45, 2.75) is 5.16 Å². The zero-order valence-electron chi connectivity index (χ0n) is 11.0. The first kappa shape index (κ1) is 16.3. The third-order valence-electron chi connectivity index (χ3n) is 2.70. The topological polar surface area (TPSA) is 78.8 Å². The zero-order valence-corrected chi connectivity index (χ0v) is 15.6. The predicted octanol–water partition coefficient (Wildman–Crippen LogP) is 3.41. The maximum atomic E-state index is 12.0. The molecule has 0 saturated heterocycles. The first-order chi connectivity index (χ1) is 10.0. The number of aromatic nitrogens is 2. The Morgan fingerprint density at radius 2 is 2.24 bits per heavy atom. The van der Waals surface area contributed by atoms with Crippen LogP contribution < -0.4 is 10.3 Å². The maximum absolute atomic E-state index is 12.0. The Hall–Kier alpha value is -1.05. The molecule has 0 aliphatic carbocycles. The fourth-order valence-corrected chi connectivity index (χ4v) is 3.29. The fraction of sp³-hybridized carbons (Fsp3) is 0.154. The van der Waals surface area contributed by atoms with Gasteiger partial charge in [0.15, 0.2) is 5.16 Å². The highest BCUT2D eigenvalue weighted by Gasteiger charge is 2.17. The van der Waals surface area contributed by atoms with Gasteiger partial charge in [-0.2, -0.15) is 5.26 Å². The molecule has 0 saturated carbocycles. The number of ether oxygens (including phenoxy) is 1. The largest absolute Gasteiger partial charge is 0.496 e. The van der Waals surface area contributed by atoms with Crippen molar-refractivity contribution in [3.05, 3.63) is 36.1 Å². The molecule has 0 bridgehead atoms. The number of aromatic amines is 1. The third-order valence-corrected chi connectivity index (χ3v) is 4.79. The van der Waals surface area contributed by atoms with Crippen LogP contribution >= 0.6 is 50.3 Å². The van der Waals surface area contributed by atoms with Gasteiger partial charge in [0.2, 0.25) is 0 Å². The van der Waals surface area contributed by atoms with Gasteiger partial charge in [0, 0.05) is 9.13 Å². The number of halogens is 2. The van der Waals surface area contributed by atoms with Crippen molar-refractivity contribution < 1.29 is 4.74 Å². The van der Waals surface area contributed by atoms with Gasteiger partial charge < -0.3 is 9.72 Å². The van der Waals surface area contributed by atoms with Crippen molar-refractivity contribution >= 4 is 50.3 Å². The van der Waals surface area contributed by atoms with Gasteiger partial charge in [0.1, 0.15) is 17.4 Å². The quantitative estimate of drug-likeness (QED) is 0.416. The molecule has 108 valence electrons. The van der Waals surface area contributed by atoms with Gasteiger partial charge >= 0.3 is 0 Å². The average Bonchev–Trinajstić information content (AvgIpc) is 2.48. The van der Waals surface area contributed by atoms with Crippen LogP contribution in [-0.4, -0.2) is 23.3 Å². The minimum absolute atomic E-state index is 0.00258. The molecule has 0 aliphatic rings. The van der Waals surface area contributed by atoms with Crippen LogP contribution in [0.4, 0.5) is 0 Å². The summed E-state index contributed by atoms with van der Waals surface area (Å²) in [5.74, 6) is 0.677. The van der Waals surface area contributed by atoms with E-state index in [2.05, 4.69) is 48.5 Å². The molecule has 0 aliphatic heterocycles. The number of H-pyrrole nitrogens is 1. The Balaban J connectivity index is 2.78. The molecule has 0 radical (unpaired) electrons. The summed E-state index contributed by atoms with van der Waals surface area (Å²) >= 11 is 6.85. The zero-order chi connectivity index (χ0) is 15.6. The predicted molar refractivity (Wildman–Crippen MR) is 93.8 cm³/mol.